The number of carbonyl (C=O) groups is 1. The number of alkyl halides is 3. The van der Waals surface area contributed by atoms with Crippen molar-refractivity contribution < 1.29 is 18.0 Å². The smallest absolute Gasteiger partial charge is 0.322 e. The Morgan fingerprint density at radius 1 is 0.963 bits per heavy atom. The number of hydrogen-bond acceptors (Lipinski definition) is 2. The molecule has 6 heteroatoms. The van der Waals surface area contributed by atoms with Gasteiger partial charge in [0.15, 0.2) is 0 Å². The number of nitrogens with zero attached hydrogens (tertiary/aromatic N) is 1. The van der Waals surface area contributed by atoms with E-state index in [0.29, 0.717) is 22.5 Å². The number of rotatable bonds is 3. The molecule has 138 valence electrons. The van der Waals surface area contributed by atoms with Gasteiger partial charge in [-0.2, -0.15) is 13.2 Å². The molecule has 3 rings (SSSR count). The van der Waals surface area contributed by atoms with E-state index in [9.17, 15) is 18.0 Å². The van der Waals surface area contributed by atoms with Crippen LogP contribution in [0, 0.1) is 13.8 Å². The third-order valence-corrected chi connectivity index (χ3v) is 4.28. The summed E-state index contributed by atoms with van der Waals surface area (Å²) in [6, 6.07) is 13.6. The fourth-order valence-corrected chi connectivity index (χ4v) is 2.58. The van der Waals surface area contributed by atoms with Crippen LogP contribution in [0.25, 0.3) is 11.3 Å². The predicted molar refractivity (Wildman–Crippen MR) is 98.5 cm³/mol. The van der Waals surface area contributed by atoms with Crippen molar-refractivity contribution in [1.29, 1.82) is 0 Å². The zero-order valence-electron chi connectivity index (χ0n) is 14.8. The van der Waals surface area contributed by atoms with E-state index < -0.39 is 11.7 Å². The molecule has 2 aromatic carbocycles. The van der Waals surface area contributed by atoms with Crippen molar-refractivity contribution in [1.82, 2.24) is 4.98 Å². The lowest BCUT2D eigenvalue weighted by Crippen LogP contribution is -2.12. The summed E-state index contributed by atoms with van der Waals surface area (Å²) in [5, 5.41) is 2.79. The van der Waals surface area contributed by atoms with Gasteiger partial charge in [0.25, 0.3) is 5.91 Å². The molecule has 0 saturated heterocycles. The topological polar surface area (TPSA) is 42.0 Å². The zero-order chi connectivity index (χ0) is 19.6. The van der Waals surface area contributed by atoms with Crippen LogP contribution in [0.1, 0.15) is 27.0 Å². The highest BCUT2D eigenvalue weighted by atomic mass is 19.4. The van der Waals surface area contributed by atoms with Crippen molar-refractivity contribution >= 4 is 11.6 Å². The zero-order valence-corrected chi connectivity index (χ0v) is 14.8. The van der Waals surface area contributed by atoms with Gasteiger partial charge in [0, 0.05) is 17.4 Å². The van der Waals surface area contributed by atoms with E-state index in [1.54, 1.807) is 12.1 Å². The van der Waals surface area contributed by atoms with Gasteiger partial charge in [-0.15, -0.1) is 0 Å². The molecule has 0 radical (unpaired) electrons. The van der Waals surface area contributed by atoms with E-state index in [-0.39, 0.29) is 5.91 Å². The first kappa shape index (κ1) is 18.6. The number of aryl methyl sites for hydroxylation is 2. The number of amides is 1. The summed E-state index contributed by atoms with van der Waals surface area (Å²) in [5.41, 5.74) is 3.15. The maximum Gasteiger partial charge on any atom is 0.416 e. The van der Waals surface area contributed by atoms with Crippen molar-refractivity contribution in [2.45, 2.75) is 20.0 Å². The highest BCUT2D eigenvalue weighted by Gasteiger charge is 2.30. The number of hydrogen-bond donors (Lipinski definition) is 1. The summed E-state index contributed by atoms with van der Waals surface area (Å²) in [5.74, 6) is -0.332. The number of anilines is 1. The van der Waals surface area contributed by atoms with Gasteiger partial charge in [-0.3, -0.25) is 9.78 Å². The SMILES string of the molecule is Cc1ccc(NC(=O)c2ccc(-c3cccc(C(F)(F)F)c3)nc2)cc1C. The molecule has 27 heavy (non-hydrogen) atoms. The Morgan fingerprint density at radius 3 is 2.37 bits per heavy atom. The van der Waals surface area contributed by atoms with Crippen LogP contribution in [0.3, 0.4) is 0 Å². The Bertz CT molecular complexity index is 979. The third-order valence-electron chi connectivity index (χ3n) is 4.28. The maximum atomic E-state index is 12.8. The van der Waals surface area contributed by atoms with Crippen molar-refractivity contribution in [2.24, 2.45) is 0 Å². The van der Waals surface area contributed by atoms with Crippen LogP contribution in [0.5, 0.6) is 0 Å². The number of benzene rings is 2. The molecule has 0 fully saturated rings. The van der Waals surface area contributed by atoms with Crippen LogP contribution in [0.15, 0.2) is 60.8 Å². The second-order valence-electron chi connectivity index (χ2n) is 6.26. The fraction of sp³-hybridized carbons (Fsp3) is 0.143. The van der Waals surface area contributed by atoms with Gasteiger partial charge < -0.3 is 5.32 Å². The molecule has 0 unspecified atom stereocenters. The molecular formula is C21H17F3N2O. The standard InChI is InChI=1S/C21H17F3N2O/c1-13-6-8-18(10-14(13)2)26-20(27)16-7-9-19(25-12-16)15-4-3-5-17(11-15)21(22,23)24/h3-12H,1-2H3,(H,26,27). The molecule has 0 saturated carbocycles. The van der Waals surface area contributed by atoms with E-state index in [1.165, 1.54) is 18.3 Å². The van der Waals surface area contributed by atoms with Gasteiger partial charge in [0.05, 0.1) is 16.8 Å². The summed E-state index contributed by atoms with van der Waals surface area (Å²) < 4.78 is 38.5. The average Bonchev–Trinajstić information content (AvgIpc) is 2.64. The van der Waals surface area contributed by atoms with Gasteiger partial charge in [-0.1, -0.05) is 18.2 Å². The Balaban J connectivity index is 1.79. The van der Waals surface area contributed by atoms with E-state index >= 15 is 0 Å². The highest BCUT2D eigenvalue weighted by Crippen LogP contribution is 2.31. The van der Waals surface area contributed by atoms with Crippen LogP contribution < -0.4 is 5.32 Å². The Hall–Kier alpha value is -3.15. The van der Waals surface area contributed by atoms with Crippen LogP contribution in [0.2, 0.25) is 0 Å². The van der Waals surface area contributed by atoms with Crippen LogP contribution in [0.4, 0.5) is 18.9 Å². The summed E-state index contributed by atoms with van der Waals surface area (Å²) in [6.07, 6.45) is -3.06. The van der Waals surface area contributed by atoms with Crippen LogP contribution in [-0.2, 0) is 6.18 Å². The highest BCUT2D eigenvalue weighted by molar-refractivity contribution is 6.04. The molecule has 1 amide bonds. The normalized spacial score (nSPS) is 11.3. The number of pyridine rings is 1. The lowest BCUT2D eigenvalue weighted by Gasteiger charge is -2.09. The Morgan fingerprint density at radius 2 is 1.74 bits per heavy atom. The molecule has 0 spiro atoms. The molecular weight excluding hydrogens is 353 g/mol. The molecule has 0 aliphatic rings. The monoisotopic (exact) mass is 370 g/mol. The lowest BCUT2D eigenvalue weighted by atomic mass is 10.1. The van der Waals surface area contributed by atoms with Gasteiger partial charge in [0.2, 0.25) is 0 Å². The minimum Gasteiger partial charge on any atom is -0.322 e. The molecule has 3 aromatic rings. The molecule has 0 bridgehead atoms. The van der Waals surface area contributed by atoms with Gasteiger partial charge >= 0.3 is 6.18 Å². The van der Waals surface area contributed by atoms with E-state index in [2.05, 4.69) is 10.3 Å². The van der Waals surface area contributed by atoms with Crippen LogP contribution >= 0.6 is 0 Å². The first-order valence-corrected chi connectivity index (χ1v) is 8.26. The molecule has 1 N–H and O–H groups in total. The number of nitrogens with one attached hydrogen (secondary N) is 1. The molecule has 1 heterocycles. The second-order valence-corrected chi connectivity index (χ2v) is 6.26. The summed E-state index contributed by atoms with van der Waals surface area (Å²) in [7, 11) is 0. The predicted octanol–water partition coefficient (Wildman–Crippen LogP) is 5.64. The second kappa shape index (κ2) is 7.23. The van der Waals surface area contributed by atoms with Crippen molar-refractivity contribution in [3.05, 3.63) is 83.0 Å². The minimum absolute atomic E-state index is 0.323. The minimum atomic E-state index is -4.41. The van der Waals surface area contributed by atoms with E-state index in [4.69, 9.17) is 0 Å². The van der Waals surface area contributed by atoms with Crippen LogP contribution in [-0.4, -0.2) is 10.9 Å². The first-order valence-electron chi connectivity index (χ1n) is 8.26. The van der Waals surface area contributed by atoms with Crippen molar-refractivity contribution in [2.75, 3.05) is 5.32 Å². The van der Waals surface area contributed by atoms with Crippen molar-refractivity contribution in [3.8, 4) is 11.3 Å². The summed E-state index contributed by atoms with van der Waals surface area (Å²) >= 11 is 0. The molecule has 0 aliphatic carbocycles. The largest absolute Gasteiger partial charge is 0.416 e. The summed E-state index contributed by atoms with van der Waals surface area (Å²) in [4.78, 5) is 16.5. The van der Waals surface area contributed by atoms with E-state index in [1.807, 2.05) is 32.0 Å². The third kappa shape index (κ3) is 4.34. The maximum absolute atomic E-state index is 12.8. The Kier molecular flexibility index (Phi) is 4.99. The summed E-state index contributed by atoms with van der Waals surface area (Å²) in [6.45, 7) is 3.94. The van der Waals surface area contributed by atoms with E-state index in [0.717, 1.165) is 23.3 Å². The number of aromatic nitrogens is 1. The van der Waals surface area contributed by atoms with Gasteiger partial charge in [-0.05, 0) is 61.4 Å². The number of carbonyl (C=O) groups excluding carboxylic acids is 1. The molecule has 1 aromatic heterocycles. The number of halogens is 3. The molecule has 0 aliphatic heterocycles. The lowest BCUT2D eigenvalue weighted by molar-refractivity contribution is -0.137. The van der Waals surface area contributed by atoms with Crippen molar-refractivity contribution in [3.63, 3.8) is 0 Å². The average molecular weight is 370 g/mol. The van der Waals surface area contributed by atoms with Gasteiger partial charge in [-0.25, -0.2) is 0 Å². The Labute approximate surface area is 154 Å². The molecule has 0 atom stereocenters. The quantitative estimate of drug-likeness (QED) is 0.649. The van der Waals surface area contributed by atoms with Gasteiger partial charge in [0.1, 0.15) is 0 Å². The first-order chi connectivity index (χ1) is 12.7. The molecule has 3 nitrogen and oxygen atoms in total. The fourth-order valence-electron chi connectivity index (χ4n) is 2.58.